The molecule has 0 saturated carbocycles. The predicted octanol–water partition coefficient (Wildman–Crippen LogP) is 9.11. The lowest BCUT2D eigenvalue weighted by Crippen LogP contribution is -2.34. The zero-order chi connectivity index (χ0) is 36.4. The molecule has 3 atom stereocenters. The molecule has 0 aromatic heterocycles. The minimum absolute atomic E-state index is 0.154. The van der Waals surface area contributed by atoms with Gasteiger partial charge in [-0.25, -0.2) is 4.57 Å². The number of unbranched alkanes of at least 4 members (excludes halogenated alkanes) is 17. The molecule has 0 aromatic carbocycles. The molecule has 11 nitrogen and oxygen atoms in total. The summed E-state index contributed by atoms with van der Waals surface area (Å²) < 4.78 is 32.4. The molecule has 0 rings (SSSR count). The largest absolute Gasteiger partial charge is 0.480 e. The third kappa shape index (κ3) is 32.9. The first-order chi connectivity index (χ1) is 23.6. The molecule has 0 bridgehead atoms. The second-order valence-electron chi connectivity index (χ2n) is 12.7. The van der Waals surface area contributed by atoms with E-state index < -0.39 is 51.1 Å². The summed E-state index contributed by atoms with van der Waals surface area (Å²) >= 11 is 0. The van der Waals surface area contributed by atoms with Crippen LogP contribution in [0.1, 0.15) is 162 Å². The summed E-state index contributed by atoms with van der Waals surface area (Å²) in [6, 6.07) is -1.52. The maximum absolute atomic E-state index is 12.5. The monoisotopic (exact) mass is 717 g/mol. The summed E-state index contributed by atoms with van der Waals surface area (Å²) in [5.74, 6) is -2.44. The Morgan fingerprint density at radius 1 is 0.633 bits per heavy atom. The van der Waals surface area contributed by atoms with Crippen LogP contribution < -0.4 is 5.73 Å². The number of carbonyl (C=O) groups is 3. The third-order valence-electron chi connectivity index (χ3n) is 7.95. The van der Waals surface area contributed by atoms with Crippen molar-refractivity contribution in [3.05, 3.63) is 24.3 Å². The van der Waals surface area contributed by atoms with Crippen molar-refractivity contribution in [1.29, 1.82) is 0 Å². The van der Waals surface area contributed by atoms with Crippen LogP contribution in [0.25, 0.3) is 0 Å². The minimum atomic E-state index is -4.71. The molecular weight excluding hydrogens is 649 g/mol. The van der Waals surface area contributed by atoms with Gasteiger partial charge in [0.1, 0.15) is 12.6 Å². The van der Waals surface area contributed by atoms with E-state index in [2.05, 4.69) is 36.6 Å². The fourth-order valence-electron chi connectivity index (χ4n) is 4.93. The van der Waals surface area contributed by atoms with Gasteiger partial charge in [-0.2, -0.15) is 0 Å². The number of esters is 2. The molecule has 0 spiro atoms. The highest BCUT2D eigenvalue weighted by molar-refractivity contribution is 7.47. The zero-order valence-electron chi connectivity index (χ0n) is 30.5. The number of carboxylic acids is 1. The van der Waals surface area contributed by atoms with E-state index in [9.17, 15) is 23.8 Å². The molecule has 0 radical (unpaired) electrons. The normalized spacial score (nSPS) is 14.2. The van der Waals surface area contributed by atoms with Crippen LogP contribution in [0.5, 0.6) is 0 Å². The number of phosphoric ester groups is 1. The highest BCUT2D eigenvalue weighted by Gasteiger charge is 2.28. The summed E-state index contributed by atoms with van der Waals surface area (Å²) in [6.07, 6.45) is 31.4. The molecule has 12 heteroatoms. The van der Waals surface area contributed by atoms with Gasteiger partial charge in [-0.15, -0.1) is 0 Å². The molecule has 286 valence electrons. The van der Waals surface area contributed by atoms with Gasteiger partial charge in [0.15, 0.2) is 6.10 Å². The summed E-state index contributed by atoms with van der Waals surface area (Å²) in [4.78, 5) is 45.5. The Labute approximate surface area is 296 Å². The topological polar surface area (TPSA) is 172 Å². The van der Waals surface area contributed by atoms with Gasteiger partial charge in [0.05, 0.1) is 13.2 Å². The van der Waals surface area contributed by atoms with E-state index in [-0.39, 0.29) is 19.4 Å². The van der Waals surface area contributed by atoms with Crippen LogP contribution in [-0.2, 0) is 37.5 Å². The molecule has 0 amide bonds. The van der Waals surface area contributed by atoms with Gasteiger partial charge in [0.2, 0.25) is 0 Å². The Bertz CT molecular complexity index is 942. The van der Waals surface area contributed by atoms with Crippen LogP contribution in [-0.4, -0.2) is 59.9 Å². The van der Waals surface area contributed by atoms with Crippen molar-refractivity contribution < 1.29 is 47.5 Å². The summed E-state index contributed by atoms with van der Waals surface area (Å²) in [5.41, 5.74) is 5.30. The Morgan fingerprint density at radius 3 is 1.65 bits per heavy atom. The molecule has 0 heterocycles. The quantitative estimate of drug-likeness (QED) is 0.0247. The molecule has 49 heavy (non-hydrogen) atoms. The standard InChI is InChI=1S/C37H68NO10P/c1-3-5-7-9-11-13-14-15-16-17-18-19-20-21-23-24-26-28-35(39)45-30-33(31-46-49(43,44)47-32-34(38)37(41)42)48-36(40)29-27-25-22-12-10-8-6-4-2/h18-19,21,23,33-34H,3-17,20,22,24-32,38H2,1-2H3,(H,41,42)(H,43,44)/b19-18+,23-21+/t33-,34+/m0/s1. The molecule has 0 aliphatic heterocycles. The molecule has 0 aromatic rings. The SMILES string of the molecule is CCCCCCCCCCC/C=C/C/C=C/CCCC(=O)OC[C@@H](COP(=O)(O)OC[C@@H](N)C(=O)O)OC(=O)CCCCCCCCCC. The van der Waals surface area contributed by atoms with Crippen molar-refractivity contribution in [2.24, 2.45) is 5.73 Å². The molecular formula is C37H68NO10P. The van der Waals surface area contributed by atoms with E-state index in [1.54, 1.807) is 0 Å². The van der Waals surface area contributed by atoms with Crippen molar-refractivity contribution in [3.63, 3.8) is 0 Å². The van der Waals surface area contributed by atoms with Gasteiger partial charge in [-0.1, -0.05) is 134 Å². The Kier molecular flexibility index (Phi) is 31.7. The second-order valence-corrected chi connectivity index (χ2v) is 14.2. The van der Waals surface area contributed by atoms with Crippen molar-refractivity contribution in [2.45, 2.75) is 174 Å². The lowest BCUT2D eigenvalue weighted by molar-refractivity contribution is -0.161. The molecule has 1 unspecified atom stereocenters. The number of hydrogen-bond donors (Lipinski definition) is 3. The molecule has 0 aliphatic carbocycles. The Balaban J connectivity index is 4.42. The molecule has 0 fully saturated rings. The highest BCUT2D eigenvalue weighted by Crippen LogP contribution is 2.43. The summed E-state index contributed by atoms with van der Waals surface area (Å²) in [5, 5.41) is 8.83. The van der Waals surface area contributed by atoms with Crippen molar-refractivity contribution in [2.75, 3.05) is 19.8 Å². The number of rotatable bonds is 35. The Hall–Kier alpha value is -2.04. The number of nitrogens with two attached hydrogens (primary N) is 1. The van der Waals surface area contributed by atoms with Crippen molar-refractivity contribution >= 4 is 25.7 Å². The number of allylic oxidation sites excluding steroid dienone is 4. The van der Waals surface area contributed by atoms with E-state index in [0.29, 0.717) is 19.3 Å². The van der Waals surface area contributed by atoms with E-state index in [1.807, 2.05) is 6.08 Å². The number of hydrogen-bond acceptors (Lipinski definition) is 9. The van der Waals surface area contributed by atoms with Crippen LogP contribution in [0.3, 0.4) is 0 Å². The lowest BCUT2D eigenvalue weighted by Gasteiger charge is -2.20. The number of carboxylic acid groups (broad SMARTS) is 1. The lowest BCUT2D eigenvalue weighted by atomic mass is 10.1. The van der Waals surface area contributed by atoms with Gasteiger partial charge in [0, 0.05) is 12.8 Å². The average Bonchev–Trinajstić information content (AvgIpc) is 3.07. The van der Waals surface area contributed by atoms with E-state index in [0.717, 1.165) is 32.1 Å². The van der Waals surface area contributed by atoms with Crippen LogP contribution >= 0.6 is 7.82 Å². The summed E-state index contributed by atoms with van der Waals surface area (Å²) in [7, 11) is -4.71. The first kappa shape index (κ1) is 47.0. The average molecular weight is 718 g/mol. The minimum Gasteiger partial charge on any atom is -0.480 e. The van der Waals surface area contributed by atoms with E-state index in [4.69, 9.17) is 24.8 Å². The maximum atomic E-state index is 12.5. The fraction of sp³-hybridized carbons (Fsp3) is 0.811. The molecule has 4 N–H and O–H groups in total. The number of carbonyl (C=O) groups excluding carboxylic acids is 2. The van der Waals surface area contributed by atoms with Gasteiger partial charge in [-0.05, 0) is 38.5 Å². The second kappa shape index (κ2) is 33.1. The summed E-state index contributed by atoms with van der Waals surface area (Å²) in [6.45, 7) is 2.70. The Morgan fingerprint density at radius 2 is 1.10 bits per heavy atom. The highest BCUT2D eigenvalue weighted by atomic mass is 31.2. The number of phosphoric acid groups is 1. The first-order valence-electron chi connectivity index (χ1n) is 18.9. The smallest absolute Gasteiger partial charge is 0.472 e. The van der Waals surface area contributed by atoms with E-state index in [1.165, 1.54) is 83.5 Å². The van der Waals surface area contributed by atoms with Gasteiger partial charge >= 0.3 is 25.7 Å². The fourth-order valence-corrected chi connectivity index (χ4v) is 5.70. The van der Waals surface area contributed by atoms with Crippen LogP contribution in [0.4, 0.5) is 0 Å². The van der Waals surface area contributed by atoms with Crippen LogP contribution in [0, 0.1) is 0 Å². The molecule has 0 saturated heterocycles. The van der Waals surface area contributed by atoms with Crippen LogP contribution in [0.15, 0.2) is 24.3 Å². The van der Waals surface area contributed by atoms with Crippen molar-refractivity contribution in [1.82, 2.24) is 0 Å². The van der Waals surface area contributed by atoms with Crippen molar-refractivity contribution in [3.8, 4) is 0 Å². The third-order valence-corrected chi connectivity index (χ3v) is 8.90. The number of ether oxygens (including phenoxy) is 2. The zero-order valence-corrected chi connectivity index (χ0v) is 31.4. The van der Waals surface area contributed by atoms with Gasteiger partial charge in [-0.3, -0.25) is 23.4 Å². The predicted molar refractivity (Wildman–Crippen MR) is 194 cm³/mol. The maximum Gasteiger partial charge on any atom is 0.472 e. The molecule has 0 aliphatic rings. The van der Waals surface area contributed by atoms with Gasteiger partial charge in [0.25, 0.3) is 0 Å². The van der Waals surface area contributed by atoms with Gasteiger partial charge < -0.3 is 25.2 Å². The number of aliphatic carboxylic acids is 1. The van der Waals surface area contributed by atoms with E-state index >= 15 is 0 Å². The van der Waals surface area contributed by atoms with Crippen LogP contribution in [0.2, 0.25) is 0 Å². The first-order valence-corrected chi connectivity index (χ1v) is 20.4.